The van der Waals surface area contributed by atoms with E-state index in [9.17, 15) is 0 Å². The summed E-state index contributed by atoms with van der Waals surface area (Å²) in [7, 11) is 0. The Labute approximate surface area is 97.0 Å². The van der Waals surface area contributed by atoms with Gasteiger partial charge in [-0.3, -0.25) is 0 Å². The van der Waals surface area contributed by atoms with Crippen molar-refractivity contribution >= 4 is 0 Å². The van der Waals surface area contributed by atoms with Crippen LogP contribution in [0.5, 0.6) is 0 Å². The Hall–Kier alpha value is -1.56. The molecule has 0 aliphatic heterocycles. The maximum Gasteiger partial charge on any atom is -0.00551 e. The van der Waals surface area contributed by atoms with Crippen molar-refractivity contribution in [2.24, 2.45) is 0 Å². The number of hydrogen-bond donors (Lipinski definition) is 0. The third-order valence-corrected chi connectivity index (χ3v) is 3.48. The minimum Gasteiger partial charge on any atom is -0.0836 e. The van der Waals surface area contributed by atoms with E-state index < -0.39 is 0 Å². The zero-order chi connectivity index (χ0) is 10.8. The lowest BCUT2D eigenvalue weighted by Gasteiger charge is -2.18. The molecule has 2 aliphatic rings. The first-order chi connectivity index (χ1) is 7.93. The van der Waals surface area contributed by atoms with Gasteiger partial charge in [-0.1, -0.05) is 54.1 Å². The van der Waals surface area contributed by atoms with E-state index in [1.54, 1.807) is 5.57 Å². The lowest BCUT2D eigenvalue weighted by molar-refractivity contribution is 0.888. The predicted octanol–water partition coefficient (Wildman–Crippen LogP) is 3.99. The van der Waals surface area contributed by atoms with Crippen LogP contribution in [0.4, 0.5) is 0 Å². The molecule has 0 saturated carbocycles. The molecule has 0 unspecified atom stereocenters. The summed E-state index contributed by atoms with van der Waals surface area (Å²) in [5.41, 5.74) is 6.04. The van der Waals surface area contributed by atoms with Crippen LogP contribution in [0.25, 0.3) is 0 Å². The predicted molar refractivity (Wildman–Crippen MR) is 68.4 cm³/mol. The summed E-state index contributed by atoms with van der Waals surface area (Å²) >= 11 is 0. The highest BCUT2D eigenvalue weighted by atomic mass is 14.2. The topological polar surface area (TPSA) is 0 Å². The number of benzene rings is 1. The second kappa shape index (κ2) is 4.13. The molecule has 3 rings (SSSR count). The van der Waals surface area contributed by atoms with E-state index in [0.717, 1.165) is 12.8 Å². The smallest absolute Gasteiger partial charge is 0.00551 e. The number of hydrogen-bond acceptors (Lipinski definition) is 0. The molecule has 0 bridgehead atoms. The Bertz CT molecular complexity index is 487. The van der Waals surface area contributed by atoms with Gasteiger partial charge in [0.1, 0.15) is 0 Å². The summed E-state index contributed by atoms with van der Waals surface area (Å²) in [6.07, 6.45) is 13.8. The van der Waals surface area contributed by atoms with Gasteiger partial charge in [-0.15, -0.1) is 0 Å². The normalized spacial score (nSPS) is 18.8. The molecule has 0 saturated heterocycles. The van der Waals surface area contributed by atoms with E-state index >= 15 is 0 Å². The van der Waals surface area contributed by atoms with Crippen LogP contribution < -0.4 is 0 Å². The molecule has 0 atom stereocenters. The highest BCUT2D eigenvalue weighted by molar-refractivity contribution is 5.44. The van der Waals surface area contributed by atoms with Crippen molar-refractivity contribution in [1.82, 2.24) is 0 Å². The molecule has 2 aliphatic carbocycles. The SMILES string of the molecule is C1=CC2=C(CC1)Cc1ccccc1CC=C2. The van der Waals surface area contributed by atoms with Crippen LogP contribution in [0, 0.1) is 0 Å². The van der Waals surface area contributed by atoms with Crippen LogP contribution in [-0.4, -0.2) is 0 Å². The van der Waals surface area contributed by atoms with E-state index in [-0.39, 0.29) is 0 Å². The first-order valence-corrected chi connectivity index (χ1v) is 6.05. The van der Waals surface area contributed by atoms with Gasteiger partial charge in [-0.05, 0) is 42.4 Å². The van der Waals surface area contributed by atoms with Gasteiger partial charge in [0.2, 0.25) is 0 Å². The summed E-state index contributed by atoms with van der Waals surface area (Å²) in [6, 6.07) is 8.83. The largest absolute Gasteiger partial charge is 0.0836 e. The molecule has 80 valence electrons. The standard InChI is InChI=1S/C16H16/c1-3-8-15-12-16-9-4-2-7-14(16)11-5-10-13(15)6-1/h1-3,5-8,11H,4,9-10,12H2. The van der Waals surface area contributed by atoms with Gasteiger partial charge >= 0.3 is 0 Å². The Balaban J connectivity index is 2.05. The van der Waals surface area contributed by atoms with Gasteiger partial charge in [-0.25, -0.2) is 0 Å². The molecular weight excluding hydrogens is 192 g/mol. The van der Waals surface area contributed by atoms with Crippen molar-refractivity contribution < 1.29 is 0 Å². The van der Waals surface area contributed by atoms with Crippen LogP contribution >= 0.6 is 0 Å². The van der Waals surface area contributed by atoms with Gasteiger partial charge in [0, 0.05) is 0 Å². The zero-order valence-electron chi connectivity index (χ0n) is 9.45. The van der Waals surface area contributed by atoms with Crippen LogP contribution in [0.3, 0.4) is 0 Å². The Morgan fingerprint density at radius 3 is 2.62 bits per heavy atom. The Morgan fingerprint density at radius 1 is 0.875 bits per heavy atom. The van der Waals surface area contributed by atoms with Gasteiger partial charge in [0.25, 0.3) is 0 Å². The van der Waals surface area contributed by atoms with Crippen molar-refractivity contribution in [3.8, 4) is 0 Å². The van der Waals surface area contributed by atoms with Gasteiger partial charge < -0.3 is 0 Å². The van der Waals surface area contributed by atoms with E-state index in [1.807, 2.05) is 0 Å². The first kappa shape index (κ1) is 9.65. The fraction of sp³-hybridized carbons (Fsp3) is 0.250. The summed E-state index contributed by atoms with van der Waals surface area (Å²) < 4.78 is 0. The third-order valence-electron chi connectivity index (χ3n) is 3.48. The Morgan fingerprint density at radius 2 is 1.69 bits per heavy atom. The molecule has 0 N–H and O–H groups in total. The van der Waals surface area contributed by atoms with Crippen LogP contribution in [-0.2, 0) is 12.8 Å². The molecule has 0 radical (unpaired) electrons. The molecule has 1 aromatic rings. The van der Waals surface area contributed by atoms with Gasteiger partial charge in [0.15, 0.2) is 0 Å². The Kier molecular flexibility index (Phi) is 2.49. The summed E-state index contributed by atoms with van der Waals surface area (Å²) in [5.74, 6) is 0. The monoisotopic (exact) mass is 208 g/mol. The number of rotatable bonds is 0. The molecule has 0 amide bonds. The van der Waals surface area contributed by atoms with Crippen LogP contribution in [0.15, 0.2) is 59.7 Å². The second-order valence-electron chi connectivity index (χ2n) is 4.55. The van der Waals surface area contributed by atoms with E-state index in [1.165, 1.54) is 29.5 Å². The second-order valence-corrected chi connectivity index (χ2v) is 4.55. The van der Waals surface area contributed by atoms with Crippen LogP contribution in [0.2, 0.25) is 0 Å². The lowest BCUT2D eigenvalue weighted by Crippen LogP contribution is -2.03. The van der Waals surface area contributed by atoms with E-state index in [4.69, 9.17) is 0 Å². The highest BCUT2D eigenvalue weighted by Gasteiger charge is 2.11. The average Bonchev–Trinajstić information content (AvgIpc) is 2.29. The van der Waals surface area contributed by atoms with Crippen molar-refractivity contribution in [1.29, 1.82) is 0 Å². The number of fused-ring (bicyclic) bond motifs is 1. The molecular formula is C16H16. The number of allylic oxidation sites excluding steroid dienone is 6. The van der Waals surface area contributed by atoms with Crippen molar-refractivity contribution in [2.45, 2.75) is 25.7 Å². The van der Waals surface area contributed by atoms with E-state index in [2.05, 4.69) is 48.6 Å². The minimum absolute atomic E-state index is 1.07. The van der Waals surface area contributed by atoms with E-state index in [0.29, 0.717) is 0 Å². The maximum atomic E-state index is 2.29. The lowest BCUT2D eigenvalue weighted by atomic mass is 9.87. The molecule has 0 fully saturated rings. The summed E-state index contributed by atoms with van der Waals surface area (Å²) in [6.45, 7) is 0. The molecule has 0 heteroatoms. The molecule has 1 aromatic carbocycles. The summed E-state index contributed by atoms with van der Waals surface area (Å²) in [4.78, 5) is 0. The van der Waals surface area contributed by atoms with Crippen LogP contribution in [0.1, 0.15) is 24.0 Å². The highest BCUT2D eigenvalue weighted by Crippen LogP contribution is 2.27. The van der Waals surface area contributed by atoms with Gasteiger partial charge in [-0.2, -0.15) is 0 Å². The maximum absolute atomic E-state index is 2.29. The zero-order valence-corrected chi connectivity index (χ0v) is 9.45. The fourth-order valence-electron chi connectivity index (χ4n) is 2.57. The first-order valence-electron chi connectivity index (χ1n) is 6.05. The fourth-order valence-corrected chi connectivity index (χ4v) is 2.57. The minimum atomic E-state index is 1.07. The molecule has 0 heterocycles. The quantitative estimate of drug-likeness (QED) is 0.604. The average molecular weight is 208 g/mol. The van der Waals surface area contributed by atoms with Crippen molar-refractivity contribution in [3.05, 3.63) is 70.8 Å². The molecule has 0 aromatic heterocycles. The molecule has 0 spiro atoms. The third kappa shape index (κ3) is 1.76. The summed E-state index contributed by atoms with van der Waals surface area (Å²) in [5, 5.41) is 0. The van der Waals surface area contributed by atoms with Crippen molar-refractivity contribution in [3.63, 3.8) is 0 Å². The van der Waals surface area contributed by atoms with Gasteiger partial charge in [0.05, 0.1) is 0 Å². The molecule has 16 heavy (non-hydrogen) atoms. The molecule has 0 nitrogen and oxygen atoms in total. The van der Waals surface area contributed by atoms with Crippen molar-refractivity contribution in [2.75, 3.05) is 0 Å².